The zero-order chi connectivity index (χ0) is 13.0. The number of carbonyl (C=O) groups is 1. The number of amides is 1. The van der Waals surface area contributed by atoms with Gasteiger partial charge >= 0.3 is 0 Å². The molecule has 1 aromatic rings. The summed E-state index contributed by atoms with van der Waals surface area (Å²) < 4.78 is 13.4. The average molecular weight is 241 g/mol. The van der Waals surface area contributed by atoms with Crippen molar-refractivity contribution in [2.45, 2.75) is 19.9 Å². The van der Waals surface area contributed by atoms with Crippen LogP contribution in [0.25, 0.3) is 0 Å². The van der Waals surface area contributed by atoms with Crippen LogP contribution in [0.4, 0.5) is 4.39 Å². The van der Waals surface area contributed by atoms with E-state index in [2.05, 4.69) is 5.32 Å². The van der Waals surface area contributed by atoms with Gasteiger partial charge in [-0.2, -0.15) is 0 Å². The number of aromatic hydroxyl groups is 1. The Morgan fingerprint density at radius 1 is 1.47 bits per heavy atom. The minimum atomic E-state index is -0.772. The molecule has 0 aliphatic carbocycles. The maximum Gasteiger partial charge on any atom is 0.258 e. The number of benzene rings is 1. The number of hydrogen-bond acceptors (Lipinski definition) is 3. The Kier molecular flexibility index (Phi) is 4.45. The normalized spacial score (nSPS) is 14.1. The van der Waals surface area contributed by atoms with Crippen molar-refractivity contribution in [3.8, 4) is 5.75 Å². The Hall–Kier alpha value is -1.62. The number of aliphatic hydroxyl groups excluding tert-OH is 1. The fraction of sp³-hybridized carbons (Fsp3) is 0.417. The lowest BCUT2D eigenvalue weighted by Gasteiger charge is -2.19. The Bertz CT molecular complexity index is 388. The van der Waals surface area contributed by atoms with E-state index in [1.54, 1.807) is 13.8 Å². The van der Waals surface area contributed by atoms with Crippen molar-refractivity contribution in [1.29, 1.82) is 0 Å². The monoisotopic (exact) mass is 241 g/mol. The summed E-state index contributed by atoms with van der Waals surface area (Å²) in [6.07, 6.45) is 0. The first-order valence-corrected chi connectivity index (χ1v) is 5.36. The molecule has 1 aromatic carbocycles. The van der Waals surface area contributed by atoms with Crippen LogP contribution in [0.1, 0.15) is 24.2 Å². The number of rotatable bonds is 4. The highest BCUT2D eigenvalue weighted by molar-refractivity contribution is 5.97. The van der Waals surface area contributed by atoms with E-state index < -0.39 is 17.5 Å². The molecule has 0 heterocycles. The molecular weight excluding hydrogens is 225 g/mol. The van der Waals surface area contributed by atoms with E-state index in [0.29, 0.717) is 0 Å². The van der Waals surface area contributed by atoms with Gasteiger partial charge < -0.3 is 15.5 Å². The van der Waals surface area contributed by atoms with E-state index in [4.69, 9.17) is 5.11 Å². The molecule has 5 heteroatoms. The van der Waals surface area contributed by atoms with Gasteiger partial charge in [0.2, 0.25) is 0 Å². The molecule has 4 nitrogen and oxygen atoms in total. The van der Waals surface area contributed by atoms with Crippen LogP contribution in [0.5, 0.6) is 5.75 Å². The van der Waals surface area contributed by atoms with Crippen LogP contribution in [-0.4, -0.2) is 28.8 Å². The molecular formula is C12H16FNO3. The quantitative estimate of drug-likeness (QED) is 0.743. The Morgan fingerprint density at radius 3 is 2.65 bits per heavy atom. The number of carbonyl (C=O) groups excluding carboxylic acids is 1. The maximum absolute atomic E-state index is 13.4. The first kappa shape index (κ1) is 13.4. The van der Waals surface area contributed by atoms with E-state index in [1.165, 1.54) is 12.1 Å². The van der Waals surface area contributed by atoms with Gasteiger partial charge in [-0.05, 0) is 25.0 Å². The van der Waals surface area contributed by atoms with Crippen LogP contribution in [0, 0.1) is 11.7 Å². The molecule has 2 unspecified atom stereocenters. The van der Waals surface area contributed by atoms with E-state index >= 15 is 0 Å². The summed E-state index contributed by atoms with van der Waals surface area (Å²) >= 11 is 0. The summed E-state index contributed by atoms with van der Waals surface area (Å²) in [6.45, 7) is 3.38. The fourth-order valence-corrected chi connectivity index (χ4v) is 1.32. The molecule has 94 valence electrons. The summed E-state index contributed by atoms with van der Waals surface area (Å²) in [6, 6.07) is 3.36. The summed E-state index contributed by atoms with van der Waals surface area (Å²) in [5.41, 5.74) is -0.371. The fourth-order valence-electron chi connectivity index (χ4n) is 1.32. The molecule has 0 spiro atoms. The highest BCUT2D eigenvalue weighted by Gasteiger charge is 2.20. The second kappa shape index (κ2) is 5.63. The van der Waals surface area contributed by atoms with Gasteiger partial charge in [0, 0.05) is 12.6 Å². The van der Waals surface area contributed by atoms with E-state index in [9.17, 15) is 14.3 Å². The molecule has 0 aromatic heterocycles. The Labute approximate surface area is 99.1 Å². The second-order valence-electron chi connectivity index (χ2n) is 4.06. The number of aliphatic hydroxyl groups is 1. The number of phenolic OH excluding ortho intramolecular Hbond substituents is 1. The molecule has 17 heavy (non-hydrogen) atoms. The summed E-state index contributed by atoms with van der Waals surface area (Å²) in [5, 5.41) is 20.9. The standard InChI is InChI=1S/C12H16FNO3/c1-7(6-15)8(2)14-12(17)11-9(13)4-3-5-10(11)16/h3-5,7-8,15-16H,6H2,1-2H3,(H,14,17). The van der Waals surface area contributed by atoms with Crippen molar-refractivity contribution in [3.63, 3.8) is 0 Å². The lowest BCUT2D eigenvalue weighted by molar-refractivity contribution is 0.0909. The highest BCUT2D eigenvalue weighted by atomic mass is 19.1. The van der Waals surface area contributed by atoms with Gasteiger partial charge in [-0.3, -0.25) is 4.79 Å². The van der Waals surface area contributed by atoms with Crippen molar-refractivity contribution in [1.82, 2.24) is 5.32 Å². The molecule has 0 aliphatic heterocycles. The molecule has 0 saturated heterocycles. The third-order valence-corrected chi connectivity index (χ3v) is 2.72. The SMILES string of the molecule is CC(CO)C(C)NC(=O)c1c(O)cccc1F. The predicted molar refractivity (Wildman–Crippen MR) is 61.2 cm³/mol. The number of hydrogen-bond donors (Lipinski definition) is 3. The second-order valence-corrected chi connectivity index (χ2v) is 4.06. The Morgan fingerprint density at radius 2 is 2.12 bits per heavy atom. The molecule has 1 rings (SSSR count). The van der Waals surface area contributed by atoms with Crippen LogP contribution in [-0.2, 0) is 0 Å². The molecule has 0 radical (unpaired) electrons. The van der Waals surface area contributed by atoms with Gasteiger partial charge in [-0.15, -0.1) is 0 Å². The third kappa shape index (κ3) is 3.17. The molecule has 0 fully saturated rings. The van der Waals surface area contributed by atoms with Gasteiger partial charge in [0.15, 0.2) is 0 Å². The zero-order valence-electron chi connectivity index (χ0n) is 9.77. The van der Waals surface area contributed by atoms with Gasteiger partial charge in [0.25, 0.3) is 5.91 Å². The van der Waals surface area contributed by atoms with Gasteiger partial charge in [-0.1, -0.05) is 13.0 Å². The van der Waals surface area contributed by atoms with E-state index in [-0.39, 0.29) is 24.1 Å². The van der Waals surface area contributed by atoms with Crippen molar-refractivity contribution in [2.24, 2.45) is 5.92 Å². The van der Waals surface area contributed by atoms with Gasteiger partial charge in [0.05, 0.1) is 0 Å². The van der Waals surface area contributed by atoms with E-state index in [0.717, 1.165) is 6.07 Å². The molecule has 2 atom stereocenters. The number of nitrogens with one attached hydrogen (secondary N) is 1. The minimum absolute atomic E-state index is 0.0787. The molecule has 1 amide bonds. The summed E-state index contributed by atoms with van der Waals surface area (Å²) in [4.78, 5) is 11.7. The van der Waals surface area contributed by atoms with Crippen molar-refractivity contribution in [3.05, 3.63) is 29.6 Å². The highest BCUT2D eigenvalue weighted by Crippen LogP contribution is 2.19. The lowest BCUT2D eigenvalue weighted by atomic mass is 10.0. The topological polar surface area (TPSA) is 69.6 Å². The van der Waals surface area contributed by atoms with Gasteiger partial charge in [0.1, 0.15) is 17.1 Å². The minimum Gasteiger partial charge on any atom is -0.507 e. The van der Waals surface area contributed by atoms with Crippen LogP contribution in [0.15, 0.2) is 18.2 Å². The molecule has 3 N–H and O–H groups in total. The first-order valence-electron chi connectivity index (χ1n) is 5.36. The van der Waals surface area contributed by atoms with Crippen LogP contribution in [0.3, 0.4) is 0 Å². The molecule has 0 bridgehead atoms. The van der Waals surface area contributed by atoms with Crippen molar-refractivity contribution < 1.29 is 19.4 Å². The van der Waals surface area contributed by atoms with E-state index in [1.807, 2.05) is 0 Å². The van der Waals surface area contributed by atoms with Crippen molar-refractivity contribution in [2.75, 3.05) is 6.61 Å². The summed E-state index contributed by atoms with van der Waals surface area (Å²) in [7, 11) is 0. The Balaban J connectivity index is 2.84. The zero-order valence-corrected chi connectivity index (χ0v) is 9.77. The molecule has 0 aliphatic rings. The summed E-state index contributed by atoms with van der Waals surface area (Å²) in [5.74, 6) is -2.00. The van der Waals surface area contributed by atoms with Gasteiger partial charge in [-0.25, -0.2) is 4.39 Å². The predicted octanol–water partition coefficient (Wildman–Crippen LogP) is 1.28. The van der Waals surface area contributed by atoms with Crippen LogP contribution >= 0.6 is 0 Å². The molecule has 0 saturated carbocycles. The number of halogens is 1. The average Bonchev–Trinajstić information content (AvgIpc) is 2.27. The van der Waals surface area contributed by atoms with Crippen molar-refractivity contribution >= 4 is 5.91 Å². The van der Waals surface area contributed by atoms with Crippen LogP contribution < -0.4 is 5.32 Å². The first-order chi connectivity index (χ1) is 7.97. The smallest absolute Gasteiger partial charge is 0.258 e. The lowest BCUT2D eigenvalue weighted by Crippen LogP contribution is -2.38. The third-order valence-electron chi connectivity index (χ3n) is 2.72. The largest absolute Gasteiger partial charge is 0.507 e. The maximum atomic E-state index is 13.4. The number of phenols is 1. The van der Waals surface area contributed by atoms with Crippen LogP contribution in [0.2, 0.25) is 0 Å².